The van der Waals surface area contributed by atoms with Gasteiger partial charge in [0.05, 0.1) is 5.69 Å². The Labute approximate surface area is 170 Å². The van der Waals surface area contributed by atoms with Crippen LogP contribution in [0.15, 0.2) is 24.5 Å². The van der Waals surface area contributed by atoms with Crippen molar-refractivity contribution < 1.29 is 0 Å². The fourth-order valence-corrected chi connectivity index (χ4v) is 5.25. The molecule has 0 aromatic carbocycles. The monoisotopic (exact) mass is 380 g/mol. The van der Waals surface area contributed by atoms with Gasteiger partial charge in [-0.15, -0.1) is 0 Å². The van der Waals surface area contributed by atoms with Crippen LogP contribution in [0.5, 0.6) is 0 Å². The Morgan fingerprint density at radius 3 is 2.36 bits per heavy atom. The quantitative estimate of drug-likeness (QED) is 0.752. The molecule has 3 atom stereocenters. The molecule has 1 aliphatic heterocycles. The zero-order valence-corrected chi connectivity index (χ0v) is 18.3. The molecule has 0 spiro atoms. The van der Waals surface area contributed by atoms with E-state index in [1.54, 1.807) is 0 Å². The van der Waals surface area contributed by atoms with Crippen molar-refractivity contribution in [2.24, 2.45) is 30.2 Å². The molecule has 2 aliphatic rings. The molecule has 0 bridgehead atoms. The Hall–Kier alpha value is -1.68. The first-order valence-corrected chi connectivity index (χ1v) is 10.9. The molecule has 1 aliphatic carbocycles. The molecule has 1 saturated heterocycles. The number of likely N-dealkylation sites (tertiary alicyclic amines) is 1. The summed E-state index contributed by atoms with van der Waals surface area (Å²) >= 11 is 0. The molecule has 2 aromatic heterocycles. The van der Waals surface area contributed by atoms with Crippen LogP contribution in [0.1, 0.15) is 51.4 Å². The summed E-state index contributed by atoms with van der Waals surface area (Å²) in [5, 5.41) is 4.44. The minimum atomic E-state index is 0.451. The minimum absolute atomic E-state index is 0.451. The van der Waals surface area contributed by atoms with Gasteiger partial charge in [0.1, 0.15) is 0 Å². The van der Waals surface area contributed by atoms with Gasteiger partial charge in [-0.2, -0.15) is 5.10 Å². The summed E-state index contributed by atoms with van der Waals surface area (Å²) in [6.07, 6.45) is 9.34. The van der Waals surface area contributed by atoms with Crippen molar-refractivity contribution in [3.63, 3.8) is 0 Å². The molecule has 0 N–H and O–H groups in total. The van der Waals surface area contributed by atoms with Crippen molar-refractivity contribution in [1.82, 2.24) is 19.7 Å². The van der Waals surface area contributed by atoms with Gasteiger partial charge in [-0.3, -0.25) is 9.67 Å². The molecule has 0 radical (unpaired) electrons. The van der Waals surface area contributed by atoms with Gasteiger partial charge in [0, 0.05) is 49.4 Å². The molecule has 4 nitrogen and oxygen atoms in total. The highest BCUT2D eigenvalue weighted by atomic mass is 15.2. The molecule has 28 heavy (non-hydrogen) atoms. The Balaban J connectivity index is 1.29. The fraction of sp³-hybridized carbons (Fsp3) is 0.667. The lowest BCUT2D eigenvalue weighted by Gasteiger charge is -2.24. The predicted molar refractivity (Wildman–Crippen MR) is 115 cm³/mol. The molecule has 4 heteroatoms. The van der Waals surface area contributed by atoms with Crippen LogP contribution >= 0.6 is 0 Å². The first-order valence-electron chi connectivity index (χ1n) is 10.9. The van der Waals surface area contributed by atoms with E-state index in [1.807, 2.05) is 17.9 Å². The highest BCUT2D eigenvalue weighted by Crippen LogP contribution is 2.43. The molecule has 1 unspecified atom stereocenters. The SMILES string of the molecule is Cc1nn(C)cc1-c1ccc(CC2C[C@@H]3CN(CCC(C)(C)C)C[C@@H]3C2)nc1. The maximum atomic E-state index is 4.79. The van der Waals surface area contributed by atoms with Gasteiger partial charge in [0.15, 0.2) is 0 Å². The third-order valence-corrected chi connectivity index (χ3v) is 6.75. The average Bonchev–Trinajstić information content (AvgIpc) is 3.26. The van der Waals surface area contributed by atoms with Crippen LogP contribution < -0.4 is 0 Å². The van der Waals surface area contributed by atoms with E-state index < -0.39 is 0 Å². The molecule has 3 heterocycles. The summed E-state index contributed by atoms with van der Waals surface area (Å²) in [5.41, 5.74) is 5.13. The highest BCUT2D eigenvalue weighted by molar-refractivity contribution is 5.64. The lowest BCUT2D eigenvalue weighted by Crippen LogP contribution is -2.26. The Kier molecular flexibility index (Phi) is 5.34. The summed E-state index contributed by atoms with van der Waals surface area (Å²) in [6, 6.07) is 4.45. The van der Waals surface area contributed by atoms with E-state index in [0.717, 1.165) is 29.9 Å². The Morgan fingerprint density at radius 1 is 1.11 bits per heavy atom. The third kappa shape index (κ3) is 4.48. The molecule has 2 fully saturated rings. The van der Waals surface area contributed by atoms with Crippen molar-refractivity contribution in [2.75, 3.05) is 19.6 Å². The van der Waals surface area contributed by atoms with Crippen LogP contribution in [0, 0.1) is 30.1 Å². The lowest BCUT2D eigenvalue weighted by atomic mass is 9.92. The predicted octanol–water partition coefficient (Wildman–Crippen LogP) is 4.73. The number of hydrogen-bond acceptors (Lipinski definition) is 3. The number of fused-ring (bicyclic) bond motifs is 1. The van der Waals surface area contributed by atoms with Gasteiger partial charge in [0.2, 0.25) is 0 Å². The van der Waals surface area contributed by atoms with Gasteiger partial charge in [-0.25, -0.2) is 0 Å². The second-order valence-corrected chi connectivity index (χ2v) is 10.5. The van der Waals surface area contributed by atoms with Gasteiger partial charge in [-0.05, 0) is 68.4 Å². The van der Waals surface area contributed by atoms with Crippen molar-refractivity contribution in [3.05, 3.63) is 35.9 Å². The van der Waals surface area contributed by atoms with Crippen molar-refractivity contribution in [1.29, 1.82) is 0 Å². The van der Waals surface area contributed by atoms with Gasteiger partial charge in [0.25, 0.3) is 0 Å². The van der Waals surface area contributed by atoms with Gasteiger partial charge < -0.3 is 4.90 Å². The first kappa shape index (κ1) is 19.6. The van der Waals surface area contributed by atoms with E-state index in [4.69, 9.17) is 4.98 Å². The molecule has 2 aromatic rings. The zero-order chi connectivity index (χ0) is 19.9. The zero-order valence-electron chi connectivity index (χ0n) is 18.3. The maximum absolute atomic E-state index is 4.79. The van der Waals surface area contributed by atoms with Gasteiger partial charge in [-0.1, -0.05) is 26.8 Å². The summed E-state index contributed by atoms with van der Waals surface area (Å²) in [5.74, 6) is 2.66. The molecular formula is C24H36N4. The molecule has 152 valence electrons. The van der Waals surface area contributed by atoms with Crippen molar-refractivity contribution in [3.8, 4) is 11.1 Å². The standard InChI is InChI=1S/C24H36N4/c1-17-23(16-27(5)26-17)19-6-7-22(25-13-19)12-18-10-20-14-28(15-21(20)11-18)9-8-24(2,3)4/h6-7,13,16,18,20-21H,8-12,14-15H2,1-5H3/t18?,20-,21+. The molecule has 1 saturated carbocycles. The normalized spacial score (nSPS) is 25.4. The van der Waals surface area contributed by atoms with Gasteiger partial charge >= 0.3 is 0 Å². The summed E-state index contributed by atoms with van der Waals surface area (Å²) in [7, 11) is 1.97. The van der Waals surface area contributed by atoms with E-state index >= 15 is 0 Å². The number of aryl methyl sites for hydroxylation is 2. The van der Waals surface area contributed by atoms with E-state index in [-0.39, 0.29) is 0 Å². The first-order chi connectivity index (χ1) is 13.3. The number of nitrogens with zero attached hydrogens (tertiary/aromatic N) is 4. The topological polar surface area (TPSA) is 34.0 Å². The van der Waals surface area contributed by atoms with E-state index in [9.17, 15) is 0 Å². The molecular weight excluding hydrogens is 344 g/mol. The largest absolute Gasteiger partial charge is 0.303 e. The van der Waals surface area contributed by atoms with Crippen molar-refractivity contribution >= 4 is 0 Å². The van der Waals surface area contributed by atoms with Crippen molar-refractivity contribution in [2.45, 2.75) is 53.4 Å². The summed E-state index contributed by atoms with van der Waals surface area (Å²) in [4.78, 5) is 7.51. The van der Waals surface area contributed by atoms with Crippen LogP contribution in [0.4, 0.5) is 0 Å². The number of rotatable bonds is 5. The van der Waals surface area contributed by atoms with Crippen LogP contribution in [0.2, 0.25) is 0 Å². The Morgan fingerprint density at radius 2 is 1.82 bits per heavy atom. The number of hydrogen-bond donors (Lipinski definition) is 0. The van der Waals surface area contributed by atoms with E-state index in [2.05, 4.69) is 56.0 Å². The smallest absolute Gasteiger partial charge is 0.0672 e. The second kappa shape index (κ2) is 7.62. The van der Waals surface area contributed by atoms with Crippen LogP contribution in [-0.2, 0) is 13.5 Å². The minimum Gasteiger partial charge on any atom is -0.303 e. The fourth-order valence-electron chi connectivity index (χ4n) is 5.25. The lowest BCUT2D eigenvalue weighted by molar-refractivity contribution is 0.245. The van der Waals surface area contributed by atoms with Crippen LogP contribution in [0.25, 0.3) is 11.1 Å². The number of aromatic nitrogens is 3. The molecule has 4 rings (SSSR count). The summed E-state index contributed by atoms with van der Waals surface area (Å²) < 4.78 is 1.88. The second-order valence-electron chi connectivity index (χ2n) is 10.5. The van der Waals surface area contributed by atoms with E-state index in [1.165, 1.54) is 55.7 Å². The summed E-state index contributed by atoms with van der Waals surface area (Å²) in [6.45, 7) is 13.0. The van der Waals surface area contributed by atoms with Crippen LogP contribution in [-0.4, -0.2) is 39.3 Å². The molecule has 0 amide bonds. The Bertz CT molecular complexity index is 785. The maximum Gasteiger partial charge on any atom is 0.0672 e. The van der Waals surface area contributed by atoms with E-state index in [0.29, 0.717) is 5.41 Å². The average molecular weight is 381 g/mol. The number of pyridine rings is 1. The third-order valence-electron chi connectivity index (χ3n) is 6.75. The highest BCUT2D eigenvalue weighted by Gasteiger charge is 2.40. The van der Waals surface area contributed by atoms with Crippen LogP contribution in [0.3, 0.4) is 0 Å².